The maximum absolute atomic E-state index is 11.9. The Hall–Kier alpha value is -1.71. The van der Waals surface area contributed by atoms with Gasteiger partial charge in [-0.15, -0.1) is 0 Å². The summed E-state index contributed by atoms with van der Waals surface area (Å²) < 4.78 is 11.4. The summed E-state index contributed by atoms with van der Waals surface area (Å²) in [4.78, 5) is 2.15. The lowest BCUT2D eigenvalue weighted by Gasteiger charge is -2.31. The van der Waals surface area contributed by atoms with Gasteiger partial charge in [0.05, 0.1) is 12.6 Å². The third-order valence-corrected chi connectivity index (χ3v) is 5.24. The van der Waals surface area contributed by atoms with Crippen molar-refractivity contribution in [2.24, 2.45) is 0 Å². The van der Waals surface area contributed by atoms with Crippen molar-refractivity contribution in [1.82, 2.24) is 4.90 Å². The number of nitrogens with zero attached hydrogens (tertiary/aromatic N) is 1. The molecule has 0 bridgehead atoms. The lowest BCUT2D eigenvalue weighted by atomic mass is 9.80. The van der Waals surface area contributed by atoms with Gasteiger partial charge in [0.2, 0.25) is 0 Å². The van der Waals surface area contributed by atoms with E-state index in [-0.39, 0.29) is 0 Å². The summed E-state index contributed by atoms with van der Waals surface area (Å²) in [7, 11) is 7.32. The van der Waals surface area contributed by atoms with Crippen molar-refractivity contribution in [2.45, 2.75) is 31.5 Å². The minimum absolute atomic E-state index is 0.472. The summed E-state index contributed by atoms with van der Waals surface area (Å²) in [5.74, 6) is 2.27. The second kappa shape index (κ2) is 8.99. The Kier molecular flexibility index (Phi) is 6.67. The number of hydrogen-bond donors (Lipinski definition) is 1. The predicted octanol–water partition coefficient (Wildman–Crippen LogP) is 3.62. The van der Waals surface area contributed by atoms with Crippen LogP contribution in [0.4, 0.5) is 0 Å². The molecule has 1 unspecified atom stereocenters. The fourth-order valence-corrected chi connectivity index (χ4v) is 3.81. The zero-order valence-corrected chi connectivity index (χ0v) is 17.1. The fraction of sp³-hybridized carbons (Fsp3) is 0.409. The Morgan fingerprint density at radius 3 is 2.81 bits per heavy atom. The minimum atomic E-state index is -1.06. The smallest absolute Gasteiger partial charge is 0.126 e. The Morgan fingerprint density at radius 2 is 2.04 bits per heavy atom. The summed E-state index contributed by atoms with van der Waals surface area (Å²) in [6, 6.07) is 14.2. The highest BCUT2D eigenvalue weighted by atomic mass is 31.0. The number of benzene rings is 2. The minimum Gasteiger partial charge on any atom is -0.488 e. The Labute approximate surface area is 164 Å². The molecule has 0 saturated heterocycles. The van der Waals surface area contributed by atoms with Gasteiger partial charge in [0.1, 0.15) is 18.0 Å². The average molecular weight is 385 g/mol. The van der Waals surface area contributed by atoms with Crippen LogP contribution in [-0.4, -0.2) is 43.2 Å². The van der Waals surface area contributed by atoms with Crippen molar-refractivity contribution < 1.29 is 14.6 Å². The standard InChI is InChI=1S/C22H28NO3P/c1-23(2)12-5-11-22(24)19-7-4-3-6-18(19)15-26-21-9-8-17(14-20(21)22)10-13-25-16-27/h3-4,6-9,14,16,24,27H,5,10-13,15H2,1-2H3. The molecule has 5 heteroatoms. The van der Waals surface area contributed by atoms with Gasteiger partial charge >= 0.3 is 0 Å². The van der Waals surface area contributed by atoms with Crippen molar-refractivity contribution in [3.8, 4) is 5.75 Å². The fourth-order valence-electron chi connectivity index (χ4n) is 3.69. The van der Waals surface area contributed by atoms with Crippen LogP contribution < -0.4 is 4.74 Å². The monoisotopic (exact) mass is 385 g/mol. The lowest BCUT2D eigenvalue weighted by Crippen LogP contribution is -2.29. The van der Waals surface area contributed by atoms with E-state index < -0.39 is 5.60 Å². The van der Waals surface area contributed by atoms with E-state index in [2.05, 4.69) is 33.9 Å². The van der Waals surface area contributed by atoms with Crippen LogP contribution >= 0.6 is 8.86 Å². The van der Waals surface area contributed by atoms with Gasteiger partial charge in [-0.1, -0.05) is 39.2 Å². The topological polar surface area (TPSA) is 41.9 Å². The summed E-state index contributed by atoms with van der Waals surface area (Å²) in [6.45, 7) is 1.98. The predicted molar refractivity (Wildman–Crippen MR) is 112 cm³/mol. The highest BCUT2D eigenvalue weighted by Crippen LogP contribution is 2.43. The molecule has 1 heterocycles. The van der Waals surface area contributed by atoms with Crippen LogP contribution in [0.1, 0.15) is 35.1 Å². The van der Waals surface area contributed by atoms with E-state index in [4.69, 9.17) is 9.47 Å². The molecule has 0 aromatic heterocycles. The summed E-state index contributed by atoms with van der Waals surface area (Å²) in [6.07, 6.45) is 2.31. The normalized spacial score (nSPS) is 18.4. The van der Waals surface area contributed by atoms with Crippen molar-refractivity contribution in [1.29, 1.82) is 0 Å². The molecule has 0 aliphatic carbocycles. The molecule has 144 valence electrons. The number of ether oxygens (including phenoxy) is 2. The van der Waals surface area contributed by atoms with Gasteiger partial charge in [-0.2, -0.15) is 0 Å². The Balaban J connectivity index is 2.00. The van der Waals surface area contributed by atoms with Gasteiger partial charge in [0.15, 0.2) is 0 Å². The van der Waals surface area contributed by atoms with Crippen LogP contribution in [0, 0.1) is 0 Å². The second-order valence-corrected chi connectivity index (χ2v) is 7.52. The lowest BCUT2D eigenvalue weighted by molar-refractivity contribution is 0.0657. The zero-order chi connectivity index (χ0) is 19.3. The van der Waals surface area contributed by atoms with Crippen LogP contribution in [0.5, 0.6) is 5.75 Å². The number of hydrogen-bond acceptors (Lipinski definition) is 4. The van der Waals surface area contributed by atoms with Crippen LogP contribution in [0.15, 0.2) is 42.5 Å². The van der Waals surface area contributed by atoms with E-state index in [9.17, 15) is 5.11 Å². The highest BCUT2D eigenvalue weighted by molar-refractivity contribution is 7.17. The van der Waals surface area contributed by atoms with Gasteiger partial charge in [0.25, 0.3) is 0 Å². The van der Waals surface area contributed by atoms with Crippen molar-refractivity contribution in [3.63, 3.8) is 0 Å². The van der Waals surface area contributed by atoms with E-state index in [1.165, 1.54) is 5.98 Å². The van der Waals surface area contributed by atoms with E-state index in [1.807, 2.05) is 36.4 Å². The highest BCUT2D eigenvalue weighted by Gasteiger charge is 2.37. The summed E-state index contributed by atoms with van der Waals surface area (Å²) in [5.41, 5.74) is 2.91. The van der Waals surface area contributed by atoms with Crippen LogP contribution in [-0.2, 0) is 23.4 Å². The van der Waals surface area contributed by atoms with Gasteiger partial charge < -0.3 is 19.5 Å². The molecule has 27 heavy (non-hydrogen) atoms. The molecule has 4 nitrogen and oxygen atoms in total. The molecule has 0 radical (unpaired) electrons. The Bertz CT molecular complexity index is 793. The third kappa shape index (κ3) is 4.59. The Morgan fingerprint density at radius 1 is 1.22 bits per heavy atom. The first-order chi connectivity index (χ1) is 13.0. The van der Waals surface area contributed by atoms with E-state index in [1.54, 1.807) is 0 Å². The summed E-state index contributed by atoms with van der Waals surface area (Å²) in [5, 5.41) is 11.9. The average Bonchev–Trinajstić information content (AvgIpc) is 2.78. The van der Waals surface area contributed by atoms with E-state index >= 15 is 0 Å². The van der Waals surface area contributed by atoms with Crippen LogP contribution in [0.2, 0.25) is 0 Å². The molecule has 0 amide bonds. The molecule has 0 saturated carbocycles. The molecule has 0 spiro atoms. The molecule has 2 aromatic carbocycles. The van der Waals surface area contributed by atoms with Crippen LogP contribution in [0.25, 0.3) is 0 Å². The quantitative estimate of drug-likeness (QED) is 0.557. The first-order valence-electron chi connectivity index (χ1n) is 9.37. The molecule has 1 aliphatic heterocycles. The largest absolute Gasteiger partial charge is 0.488 e. The number of aliphatic hydroxyl groups is 1. The molecule has 1 N–H and O–H groups in total. The maximum atomic E-state index is 11.9. The molecule has 0 fully saturated rings. The maximum Gasteiger partial charge on any atom is 0.126 e. The van der Waals surface area contributed by atoms with E-state index in [0.29, 0.717) is 19.6 Å². The second-order valence-electron chi connectivity index (χ2n) is 7.28. The van der Waals surface area contributed by atoms with Gasteiger partial charge in [-0.05, 0) is 68.7 Å². The van der Waals surface area contributed by atoms with Gasteiger partial charge in [0, 0.05) is 5.56 Å². The molecule has 1 aliphatic rings. The molecule has 3 rings (SSSR count). The number of fused-ring (bicyclic) bond motifs is 2. The van der Waals surface area contributed by atoms with Crippen molar-refractivity contribution >= 4 is 14.8 Å². The zero-order valence-electron chi connectivity index (χ0n) is 16.1. The van der Waals surface area contributed by atoms with Crippen molar-refractivity contribution in [2.75, 3.05) is 27.2 Å². The molecule has 1 atom stereocenters. The first-order valence-corrected chi connectivity index (χ1v) is 9.94. The van der Waals surface area contributed by atoms with Gasteiger partial charge in [-0.25, -0.2) is 0 Å². The molecular formula is C22H28NO3P. The SMILES string of the molecule is CN(C)CCCC1(O)c2ccccc2COc2ccc(CCOC=P)cc21. The van der Waals surface area contributed by atoms with E-state index in [0.717, 1.165) is 47.4 Å². The van der Waals surface area contributed by atoms with Crippen molar-refractivity contribution in [3.05, 3.63) is 64.7 Å². The third-order valence-electron chi connectivity index (χ3n) is 5.07. The van der Waals surface area contributed by atoms with Gasteiger partial charge in [-0.3, -0.25) is 0 Å². The van der Waals surface area contributed by atoms with Crippen LogP contribution in [0.3, 0.4) is 0 Å². The molecular weight excluding hydrogens is 357 g/mol. The molecule has 2 aromatic rings. The number of rotatable bonds is 8. The summed E-state index contributed by atoms with van der Waals surface area (Å²) >= 11 is 0. The first kappa shape index (κ1) is 20.0.